The number of nitrogens with one attached hydrogen (secondary N) is 1. The first kappa shape index (κ1) is 25.0. The number of imidazole rings is 1. The van der Waals surface area contributed by atoms with Gasteiger partial charge in [-0.2, -0.15) is 0 Å². The van der Waals surface area contributed by atoms with Crippen molar-refractivity contribution in [2.75, 3.05) is 11.9 Å². The van der Waals surface area contributed by atoms with E-state index in [4.69, 9.17) is 27.9 Å². The van der Waals surface area contributed by atoms with Crippen molar-refractivity contribution in [1.82, 2.24) is 4.57 Å². The van der Waals surface area contributed by atoms with E-state index < -0.39 is 0 Å². The summed E-state index contributed by atoms with van der Waals surface area (Å²) in [5.41, 5.74) is 3.54. The van der Waals surface area contributed by atoms with Crippen LogP contribution >= 0.6 is 34.5 Å². The van der Waals surface area contributed by atoms with Crippen molar-refractivity contribution in [2.24, 2.45) is 0 Å². The molecule has 1 amide bonds. The molecule has 1 aliphatic heterocycles. The number of halogens is 3. The summed E-state index contributed by atoms with van der Waals surface area (Å²) in [5, 5.41) is 4.61. The molecule has 180 valence electrons. The lowest BCUT2D eigenvalue weighted by molar-refractivity contribution is -0.690. The highest BCUT2D eigenvalue weighted by molar-refractivity contribution is 7.17. The maximum Gasteiger partial charge on any atom is 0.341 e. The molecule has 1 aromatic carbocycles. The summed E-state index contributed by atoms with van der Waals surface area (Å²) in [6.07, 6.45) is 6.74. The van der Waals surface area contributed by atoms with Crippen LogP contribution in [0.25, 0.3) is 11.3 Å². The lowest BCUT2D eigenvalue weighted by Gasteiger charge is -2.07. The van der Waals surface area contributed by atoms with Gasteiger partial charge in [-0.25, -0.2) is 13.9 Å². The third kappa shape index (κ3) is 4.59. The Morgan fingerprint density at radius 2 is 2.00 bits per heavy atom. The highest BCUT2D eigenvalue weighted by Crippen LogP contribution is 2.39. The van der Waals surface area contributed by atoms with E-state index in [1.807, 2.05) is 22.9 Å². The lowest BCUT2D eigenvalue weighted by Crippen LogP contribution is -3.00. The highest BCUT2D eigenvalue weighted by Gasteiger charge is 2.32. The summed E-state index contributed by atoms with van der Waals surface area (Å²) in [7, 11) is 0. The third-order valence-corrected chi connectivity index (χ3v) is 8.12. The monoisotopic (exact) mass is 539 g/mol. The number of aromatic nitrogens is 2. The highest BCUT2D eigenvalue weighted by atomic mass is 35.5. The van der Waals surface area contributed by atoms with Crippen LogP contribution in [0.5, 0.6) is 0 Å². The molecule has 10 heteroatoms. The number of benzene rings is 1. The zero-order valence-electron chi connectivity index (χ0n) is 18.6. The predicted octanol–water partition coefficient (Wildman–Crippen LogP) is 2.07. The number of aryl methyl sites for hydroxylation is 1. The van der Waals surface area contributed by atoms with E-state index in [0.717, 1.165) is 61.3 Å². The Balaban J connectivity index is 0.00000274. The molecule has 0 unspecified atom stereocenters. The largest absolute Gasteiger partial charge is 1.00 e. The van der Waals surface area contributed by atoms with Gasteiger partial charge in [0.1, 0.15) is 11.2 Å². The number of ether oxygens (including phenoxy) is 1. The molecule has 0 fully saturated rings. The van der Waals surface area contributed by atoms with Gasteiger partial charge in [0.2, 0.25) is 0 Å². The van der Waals surface area contributed by atoms with Gasteiger partial charge in [0, 0.05) is 10.4 Å². The van der Waals surface area contributed by atoms with E-state index in [9.17, 15) is 9.59 Å². The average Bonchev–Trinajstić information content (AvgIpc) is 3.53. The van der Waals surface area contributed by atoms with E-state index in [1.165, 1.54) is 16.2 Å². The van der Waals surface area contributed by atoms with Crippen molar-refractivity contribution in [3.8, 4) is 11.3 Å². The topological polar surface area (TPSA) is 64.2 Å². The van der Waals surface area contributed by atoms with Gasteiger partial charge >= 0.3 is 5.97 Å². The maximum absolute atomic E-state index is 13.1. The predicted molar refractivity (Wildman–Crippen MR) is 129 cm³/mol. The van der Waals surface area contributed by atoms with Crippen LogP contribution in [0, 0.1) is 0 Å². The average molecular weight is 541 g/mol. The van der Waals surface area contributed by atoms with E-state index in [0.29, 0.717) is 27.2 Å². The molecule has 34 heavy (non-hydrogen) atoms. The molecule has 0 radical (unpaired) electrons. The van der Waals surface area contributed by atoms with Crippen molar-refractivity contribution in [3.63, 3.8) is 0 Å². The fraction of sp³-hybridized carbons (Fsp3) is 0.375. The van der Waals surface area contributed by atoms with E-state index >= 15 is 0 Å². The summed E-state index contributed by atoms with van der Waals surface area (Å²) in [6, 6.07) is 5.59. The Morgan fingerprint density at radius 3 is 2.76 bits per heavy atom. The fourth-order valence-corrected chi connectivity index (χ4v) is 6.36. The number of amides is 1. The van der Waals surface area contributed by atoms with Crippen molar-refractivity contribution in [3.05, 3.63) is 56.3 Å². The molecule has 2 aromatic heterocycles. The Kier molecular flexibility index (Phi) is 7.57. The van der Waals surface area contributed by atoms with Gasteiger partial charge < -0.3 is 22.5 Å². The minimum Gasteiger partial charge on any atom is -1.00 e. The SMILES string of the molecule is CCOC(=O)c1c(NC(=O)C[n+]2cc(-c3ccc(Cl)c(Cl)c3)n3c2CCC3)sc2c1CCC2.[Cl-]. The van der Waals surface area contributed by atoms with Crippen LogP contribution in [-0.2, 0) is 41.9 Å². The van der Waals surface area contributed by atoms with Crippen molar-refractivity contribution < 1.29 is 31.3 Å². The second-order valence-corrected chi connectivity index (χ2v) is 10.2. The van der Waals surface area contributed by atoms with Crippen molar-refractivity contribution in [2.45, 2.75) is 52.1 Å². The van der Waals surface area contributed by atoms with Crippen LogP contribution in [0.15, 0.2) is 24.4 Å². The van der Waals surface area contributed by atoms with Crippen LogP contribution in [0.2, 0.25) is 10.0 Å². The molecule has 5 rings (SSSR count). The molecule has 0 atom stereocenters. The zero-order valence-corrected chi connectivity index (χ0v) is 21.7. The minimum absolute atomic E-state index is 0. The van der Waals surface area contributed by atoms with Gasteiger partial charge in [0.15, 0.2) is 12.2 Å². The molecular weight excluding hydrogens is 517 g/mol. The number of carbonyl (C=O) groups excluding carboxylic acids is 2. The Bertz CT molecular complexity index is 1270. The number of thiophene rings is 1. The summed E-state index contributed by atoms with van der Waals surface area (Å²) >= 11 is 13.8. The zero-order chi connectivity index (χ0) is 23.1. The Hall–Kier alpha value is -2.06. The number of hydrogen-bond acceptors (Lipinski definition) is 4. The van der Waals surface area contributed by atoms with Crippen LogP contribution in [0.3, 0.4) is 0 Å². The van der Waals surface area contributed by atoms with Crippen LogP contribution in [0.1, 0.15) is 46.4 Å². The van der Waals surface area contributed by atoms with Gasteiger partial charge in [-0.1, -0.05) is 23.2 Å². The summed E-state index contributed by atoms with van der Waals surface area (Å²) in [5.74, 6) is 0.587. The van der Waals surface area contributed by atoms with Crippen LogP contribution in [0.4, 0.5) is 5.00 Å². The van der Waals surface area contributed by atoms with Gasteiger partial charge in [-0.05, 0) is 56.4 Å². The molecule has 0 saturated heterocycles. The molecule has 0 bridgehead atoms. The number of anilines is 1. The molecule has 1 N–H and O–H groups in total. The number of esters is 1. The molecule has 0 saturated carbocycles. The number of rotatable bonds is 6. The first-order valence-electron chi connectivity index (χ1n) is 11.1. The molecule has 1 aliphatic carbocycles. The minimum atomic E-state index is -0.355. The fourth-order valence-electron chi connectivity index (χ4n) is 4.76. The van der Waals surface area contributed by atoms with Gasteiger partial charge in [-0.3, -0.25) is 4.79 Å². The quantitative estimate of drug-likeness (QED) is 0.385. The number of nitrogens with zero attached hydrogens (tertiary/aromatic N) is 2. The number of fused-ring (bicyclic) bond motifs is 2. The van der Waals surface area contributed by atoms with Gasteiger partial charge in [-0.15, -0.1) is 11.3 Å². The van der Waals surface area contributed by atoms with Crippen LogP contribution in [-0.4, -0.2) is 23.1 Å². The molecule has 0 spiro atoms. The van der Waals surface area contributed by atoms with Crippen LogP contribution < -0.4 is 22.3 Å². The van der Waals surface area contributed by atoms with E-state index in [-0.39, 0.29) is 30.8 Å². The molecule has 3 heterocycles. The molecule has 2 aliphatic rings. The molecular formula is C24H24Cl3N3O3S. The third-order valence-electron chi connectivity index (χ3n) is 6.18. The Labute approximate surface area is 218 Å². The maximum atomic E-state index is 13.1. The number of hydrogen-bond donors (Lipinski definition) is 1. The first-order valence-corrected chi connectivity index (χ1v) is 12.7. The second-order valence-electron chi connectivity index (χ2n) is 8.27. The number of carbonyl (C=O) groups is 2. The Morgan fingerprint density at radius 1 is 1.18 bits per heavy atom. The standard InChI is InChI=1S/C24H23Cl2N3O3S.ClH/c1-2-32-24(31)22-15-5-3-6-19(15)33-23(22)27-20(30)13-28-12-18(29-10-4-7-21(28)29)14-8-9-16(25)17(26)11-14;/h8-9,11-12H,2-7,10,13H2,1H3;1H. The van der Waals surface area contributed by atoms with E-state index in [2.05, 4.69) is 9.88 Å². The van der Waals surface area contributed by atoms with Gasteiger partial charge in [0.25, 0.3) is 11.7 Å². The molecule has 6 nitrogen and oxygen atoms in total. The lowest BCUT2D eigenvalue weighted by atomic mass is 10.1. The second kappa shape index (κ2) is 10.3. The first-order chi connectivity index (χ1) is 16.0. The van der Waals surface area contributed by atoms with Crippen molar-refractivity contribution in [1.29, 1.82) is 0 Å². The summed E-state index contributed by atoms with van der Waals surface area (Å²) < 4.78 is 9.49. The smallest absolute Gasteiger partial charge is 0.341 e. The summed E-state index contributed by atoms with van der Waals surface area (Å²) in [6.45, 7) is 3.16. The van der Waals surface area contributed by atoms with Crippen molar-refractivity contribution >= 4 is 51.4 Å². The normalized spacial score (nSPS) is 13.9. The molecule has 3 aromatic rings. The van der Waals surface area contributed by atoms with Gasteiger partial charge in [0.05, 0.1) is 35.2 Å². The summed E-state index contributed by atoms with van der Waals surface area (Å²) in [4.78, 5) is 26.8. The van der Waals surface area contributed by atoms with E-state index in [1.54, 1.807) is 13.0 Å².